The predicted molar refractivity (Wildman–Crippen MR) is 73.4 cm³/mol. The average molecular weight is 267 g/mol. The molecule has 2 N–H and O–H groups in total. The third-order valence-electron chi connectivity index (χ3n) is 4.37. The van der Waals surface area contributed by atoms with E-state index in [0.717, 1.165) is 36.8 Å². The first-order chi connectivity index (χ1) is 9.09. The standard InChI is InChI=1S/C15H22FNO2/c1-10-11(15(9-17)6-4-5-7-15)8-12(16)14(19-3)13(10)18-2/h8H,4-7,9,17H2,1-3H3. The zero-order chi connectivity index (χ0) is 14.0. The van der Waals surface area contributed by atoms with Crippen LogP contribution in [-0.2, 0) is 5.41 Å². The van der Waals surface area contributed by atoms with Crippen molar-refractivity contribution in [2.75, 3.05) is 20.8 Å². The van der Waals surface area contributed by atoms with Crippen LogP contribution in [0.2, 0.25) is 0 Å². The predicted octanol–water partition coefficient (Wildman–Crippen LogP) is 2.92. The summed E-state index contributed by atoms with van der Waals surface area (Å²) in [5.74, 6) is 0.283. The van der Waals surface area contributed by atoms with Gasteiger partial charge in [-0.1, -0.05) is 12.8 Å². The highest BCUT2D eigenvalue weighted by atomic mass is 19.1. The maximum absolute atomic E-state index is 14.2. The van der Waals surface area contributed by atoms with Crippen molar-refractivity contribution in [1.29, 1.82) is 0 Å². The molecule has 1 aliphatic carbocycles. The molecule has 0 aromatic heterocycles. The molecule has 0 bridgehead atoms. The fourth-order valence-electron chi connectivity index (χ4n) is 3.32. The van der Waals surface area contributed by atoms with Gasteiger partial charge in [0.15, 0.2) is 17.3 Å². The van der Waals surface area contributed by atoms with Crippen molar-refractivity contribution < 1.29 is 13.9 Å². The molecule has 1 saturated carbocycles. The molecule has 0 amide bonds. The van der Waals surface area contributed by atoms with Crippen molar-refractivity contribution >= 4 is 0 Å². The molecule has 1 aromatic carbocycles. The minimum atomic E-state index is -0.375. The molecule has 19 heavy (non-hydrogen) atoms. The van der Waals surface area contributed by atoms with E-state index in [1.165, 1.54) is 14.2 Å². The van der Waals surface area contributed by atoms with Crippen LogP contribution in [0.25, 0.3) is 0 Å². The topological polar surface area (TPSA) is 44.5 Å². The van der Waals surface area contributed by atoms with E-state index in [-0.39, 0.29) is 17.0 Å². The van der Waals surface area contributed by atoms with E-state index in [2.05, 4.69) is 0 Å². The van der Waals surface area contributed by atoms with Gasteiger partial charge in [0.1, 0.15) is 0 Å². The zero-order valence-electron chi connectivity index (χ0n) is 11.9. The summed E-state index contributed by atoms with van der Waals surface area (Å²) in [5, 5.41) is 0. The number of hydrogen-bond acceptors (Lipinski definition) is 3. The lowest BCUT2D eigenvalue weighted by Gasteiger charge is -2.31. The number of rotatable bonds is 4. The number of ether oxygens (including phenoxy) is 2. The van der Waals surface area contributed by atoms with Crippen LogP contribution in [0.4, 0.5) is 4.39 Å². The van der Waals surface area contributed by atoms with E-state index in [1.54, 1.807) is 6.07 Å². The maximum Gasteiger partial charge on any atom is 0.197 e. The Morgan fingerprint density at radius 1 is 1.21 bits per heavy atom. The second kappa shape index (κ2) is 5.37. The summed E-state index contributed by atoms with van der Waals surface area (Å²) in [7, 11) is 2.99. The highest BCUT2D eigenvalue weighted by molar-refractivity contribution is 5.53. The monoisotopic (exact) mass is 267 g/mol. The summed E-state index contributed by atoms with van der Waals surface area (Å²) in [6.07, 6.45) is 4.32. The van der Waals surface area contributed by atoms with Crippen LogP contribution in [0, 0.1) is 12.7 Å². The van der Waals surface area contributed by atoms with Gasteiger partial charge in [-0.25, -0.2) is 4.39 Å². The Kier molecular flexibility index (Phi) is 3.99. The van der Waals surface area contributed by atoms with Crippen molar-refractivity contribution in [2.45, 2.75) is 38.0 Å². The SMILES string of the molecule is COc1c(F)cc(C2(CN)CCCC2)c(C)c1OC. The van der Waals surface area contributed by atoms with E-state index < -0.39 is 0 Å². The van der Waals surface area contributed by atoms with Gasteiger partial charge in [0, 0.05) is 12.0 Å². The normalized spacial score (nSPS) is 17.5. The molecule has 3 nitrogen and oxygen atoms in total. The van der Waals surface area contributed by atoms with Gasteiger partial charge in [-0.15, -0.1) is 0 Å². The maximum atomic E-state index is 14.2. The molecule has 4 heteroatoms. The second-order valence-corrected chi connectivity index (χ2v) is 5.29. The van der Waals surface area contributed by atoms with Crippen LogP contribution in [0.15, 0.2) is 6.07 Å². The van der Waals surface area contributed by atoms with Gasteiger partial charge in [-0.2, -0.15) is 0 Å². The van der Waals surface area contributed by atoms with Gasteiger partial charge in [0.25, 0.3) is 0 Å². The first-order valence-electron chi connectivity index (χ1n) is 6.71. The molecule has 106 valence electrons. The summed E-state index contributed by atoms with van der Waals surface area (Å²) >= 11 is 0. The Labute approximate surface area is 113 Å². The van der Waals surface area contributed by atoms with E-state index in [4.69, 9.17) is 15.2 Å². The van der Waals surface area contributed by atoms with Crippen molar-refractivity contribution in [2.24, 2.45) is 5.73 Å². The summed E-state index contributed by atoms with van der Waals surface area (Å²) in [6.45, 7) is 2.49. The van der Waals surface area contributed by atoms with Gasteiger partial charge < -0.3 is 15.2 Å². The van der Waals surface area contributed by atoms with Gasteiger partial charge in [0.2, 0.25) is 0 Å². The lowest BCUT2D eigenvalue weighted by atomic mass is 9.76. The number of benzene rings is 1. The first-order valence-corrected chi connectivity index (χ1v) is 6.71. The molecule has 0 radical (unpaired) electrons. The third-order valence-corrected chi connectivity index (χ3v) is 4.37. The van der Waals surface area contributed by atoms with Gasteiger partial charge >= 0.3 is 0 Å². The molecule has 0 aliphatic heterocycles. The average Bonchev–Trinajstić information content (AvgIpc) is 2.90. The molecule has 0 heterocycles. The Balaban J connectivity index is 2.61. The summed E-state index contributed by atoms with van der Waals surface area (Å²) in [6, 6.07) is 1.58. The van der Waals surface area contributed by atoms with Crippen LogP contribution in [0.5, 0.6) is 11.5 Å². The van der Waals surface area contributed by atoms with Crippen LogP contribution < -0.4 is 15.2 Å². The summed E-state index contributed by atoms with van der Waals surface area (Å²) in [4.78, 5) is 0. The largest absolute Gasteiger partial charge is 0.492 e. The van der Waals surface area contributed by atoms with Crippen LogP contribution in [0.1, 0.15) is 36.8 Å². The summed E-state index contributed by atoms with van der Waals surface area (Å²) < 4.78 is 24.6. The molecule has 0 spiro atoms. The van der Waals surface area contributed by atoms with Crippen LogP contribution in [0.3, 0.4) is 0 Å². The molecule has 0 saturated heterocycles. The molecule has 1 aliphatic rings. The van der Waals surface area contributed by atoms with Crippen LogP contribution in [-0.4, -0.2) is 20.8 Å². The van der Waals surface area contributed by atoms with Crippen molar-refractivity contribution in [3.8, 4) is 11.5 Å². The molecule has 0 atom stereocenters. The Bertz CT molecular complexity index is 468. The Hall–Kier alpha value is -1.29. The molecular weight excluding hydrogens is 245 g/mol. The molecular formula is C15H22FNO2. The molecule has 1 aromatic rings. The Morgan fingerprint density at radius 2 is 1.79 bits per heavy atom. The smallest absolute Gasteiger partial charge is 0.197 e. The third kappa shape index (κ3) is 2.18. The zero-order valence-corrected chi connectivity index (χ0v) is 11.9. The van der Waals surface area contributed by atoms with Crippen molar-refractivity contribution in [3.63, 3.8) is 0 Å². The lowest BCUT2D eigenvalue weighted by Crippen LogP contribution is -2.33. The van der Waals surface area contributed by atoms with Gasteiger partial charge in [-0.3, -0.25) is 0 Å². The molecule has 2 rings (SSSR count). The van der Waals surface area contributed by atoms with Crippen molar-refractivity contribution in [1.82, 2.24) is 0 Å². The Morgan fingerprint density at radius 3 is 2.26 bits per heavy atom. The number of nitrogens with two attached hydrogens (primary N) is 1. The van der Waals surface area contributed by atoms with Crippen molar-refractivity contribution in [3.05, 3.63) is 23.0 Å². The van der Waals surface area contributed by atoms with E-state index in [9.17, 15) is 4.39 Å². The summed E-state index contributed by atoms with van der Waals surface area (Å²) in [5.41, 5.74) is 7.79. The number of methoxy groups -OCH3 is 2. The fraction of sp³-hybridized carbons (Fsp3) is 0.600. The lowest BCUT2D eigenvalue weighted by molar-refractivity contribution is 0.331. The van der Waals surface area contributed by atoms with E-state index in [1.807, 2.05) is 6.92 Å². The second-order valence-electron chi connectivity index (χ2n) is 5.29. The minimum Gasteiger partial charge on any atom is -0.492 e. The quantitative estimate of drug-likeness (QED) is 0.912. The van der Waals surface area contributed by atoms with Gasteiger partial charge in [-0.05, 0) is 37.0 Å². The number of hydrogen-bond donors (Lipinski definition) is 1. The highest BCUT2D eigenvalue weighted by Crippen LogP contribution is 2.46. The van der Waals surface area contributed by atoms with Gasteiger partial charge in [0.05, 0.1) is 14.2 Å². The molecule has 1 fully saturated rings. The molecule has 0 unspecified atom stereocenters. The highest BCUT2D eigenvalue weighted by Gasteiger charge is 2.37. The minimum absolute atomic E-state index is 0.107. The fourth-order valence-corrected chi connectivity index (χ4v) is 3.32. The van der Waals surface area contributed by atoms with Crippen LogP contribution >= 0.6 is 0 Å². The van der Waals surface area contributed by atoms with E-state index >= 15 is 0 Å². The van der Waals surface area contributed by atoms with E-state index in [0.29, 0.717) is 12.3 Å². The number of halogens is 1. The first kappa shape index (κ1) is 14.1.